The van der Waals surface area contributed by atoms with E-state index in [9.17, 15) is 9.90 Å². The molecule has 0 atom stereocenters. The fourth-order valence-corrected chi connectivity index (χ4v) is 2.86. The minimum absolute atomic E-state index is 0.207. The van der Waals surface area contributed by atoms with Crippen LogP contribution < -0.4 is 11.0 Å². The highest BCUT2D eigenvalue weighted by molar-refractivity contribution is 6.32. The fraction of sp³-hybridized carbons (Fsp3) is 0.200. The third-order valence-electron chi connectivity index (χ3n) is 3.79. The Morgan fingerprint density at radius 2 is 1.69 bits per heavy atom. The average molecular weight is 370 g/mol. The highest BCUT2D eigenvalue weighted by Crippen LogP contribution is 2.28. The van der Waals surface area contributed by atoms with Gasteiger partial charge >= 0.3 is 0 Å². The molecule has 2 aromatic carbocycles. The molecule has 6 heteroatoms. The minimum atomic E-state index is -0.341. The van der Waals surface area contributed by atoms with E-state index in [2.05, 4.69) is 10.5 Å². The maximum atomic E-state index is 13.0. The van der Waals surface area contributed by atoms with Gasteiger partial charge in [0.25, 0.3) is 5.56 Å². The number of pyridine rings is 1. The summed E-state index contributed by atoms with van der Waals surface area (Å²) in [6.45, 7) is 5.94. The monoisotopic (exact) mass is 369 g/mol. The van der Waals surface area contributed by atoms with Crippen LogP contribution in [0, 0.1) is 0 Å². The van der Waals surface area contributed by atoms with Crippen molar-refractivity contribution < 1.29 is 5.11 Å². The largest absolute Gasteiger partial charge is 0.494 e. The topological polar surface area (TPSA) is 66.6 Å². The molecule has 3 aromatic rings. The van der Waals surface area contributed by atoms with E-state index >= 15 is 0 Å². The molecule has 5 nitrogen and oxygen atoms in total. The number of para-hydroxylation sites is 1. The van der Waals surface area contributed by atoms with Crippen molar-refractivity contribution in [2.24, 2.45) is 5.10 Å². The number of aromatic hydroxyl groups is 1. The first-order chi connectivity index (χ1) is 12.3. The van der Waals surface area contributed by atoms with E-state index in [0.717, 1.165) is 0 Å². The minimum Gasteiger partial charge on any atom is -0.494 e. The Kier molecular flexibility index (Phi) is 4.74. The van der Waals surface area contributed by atoms with Crippen LogP contribution in [0.2, 0.25) is 5.02 Å². The van der Waals surface area contributed by atoms with Gasteiger partial charge in [0.2, 0.25) is 5.88 Å². The fourth-order valence-electron chi connectivity index (χ4n) is 2.64. The quantitative estimate of drug-likeness (QED) is 0.540. The molecule has 0 spiro atoms. The van der Waals surface area contributed by atoms with Crippen molar-refractivity contribution in [2.75, 3.05) is 0 Å². The Morgan fingerprint density at radius 3 is 2.35 bits per heavy atom. The lowest BCUT2D eigenvalue weighted by atomic mass is 10.1. The van der Waals surface area contributed by atoms with E-state index in [4.69, 9.17) is 11.6 Å². The maximum Gasteiger partial charge on any atom is 0.265 e. The van der Waals surface area contributed by atoms with Gasteiger partial charge < -0.3 is 10.5 Å². The Bertz CT molecular complexity index is 1050. The number of nitrogens with one attached hydrogen (secondary N) is 1. The van der Waals surface area contributed by atoms with E-state index in [1.165, 1.54) is 10.8 Å². The summed E-state index contributed by atoms with van der Waals surface area (Å²) >= 11 is 6.25. The molecule has 26 heavy (non-hydrogen) atoms. The predicted octanol–water partition coefficient (Wildman–Crippen LogP) is 4.07. The maximum absolute atomic E-state index is 13.0. The van der Waals surface area contributed by atoms with Crippen molar-refractivity contribution in [2.45, 2.75) is 26.3 Å². The molecular weight excluding hydrogens is 350 g/mol. The molecule has 0 unspecified atom stereocenters. The summed E-state index contributed by atoms with van der Waals surface area (Å²) in [7, 11) is 0. The lowest BCUT2D eigenvalue weighted by Gasteiger charge is -2.18. The summed E-state index contributed by atoms with van der Waals surface area (Å²) in [6, 6.07) is 14.0. The van der Waals surface area contributed by atoms with Gasteiger partial charge in [-0.25, -0.2) is 4.57 Å². The van der Waals surface area contributed by atoms with Gasteiger partial charge in [0.15, 0.2) is 0 Å². The number of hydrogen-bond acceptors (Lipinski definition) is 4. The number of aromatic nitrogens is 1. The molecular formula is C20H20ClN3O2. The van der Waals surface area contributed by atoms with E-state index in [1.54, 1.807) is 42.5 Å². The van der Waals surface area contributed by atoms with Crippen molar-refractivity contribution in [3.63, 3.8) is 0 Å². The third-order valence-corrected chi connectivity index (χ3v) is 4.11. The summed E-state index contributed by atoms with van der Waals surface area (Å²) in [6.07, 6.45) is 1.52. The number of hydrazone groups is 1. The Morgan fingerprint density at radius 1 is 1.08 bits per heavy atom. The molecule has 1 aromatic heterocycles. The second-order valence-corrected chi connectivity index (χ2v) is 7.40. The smallest absolute Gasteiger partial charge is 0.265 e. The zero-order chi connectivity index (χ0) is 18.9. The molecule has 0 saturated heterocycles. The molecule has 0 fully saturated rings. The van der Waals surface area contributed by atoms with Gasteiger partial charge in [-0.2, -0.15) is 5.10 Å². The standard InChI is InChI=1S/C20H20ClN3O2/c1-20(2,3)23-22-12-15-13-8-4-5-9-14(13)18(25)24(19(15)26)17-11-7-6-10-16(17)21/h4-12,23,26H,1-3H3. The molecule has 0 bridgehead atoms. The Labute approximate surface area is 156 Å². The van der Waals surface area contributed by atoms with Crippen LogP contribution in [0.1, 0.15) is 26.3 Å². The van der Waals surface area contributed by atoms with Crippen molar-refractivity contribution in [1.29, 1.82) is 0 Å². The number of fused-ring (bicyclic) bond motifs is 1. The highest BCUT2D eigenvalue weighted by Gasteiger charge is 2.18. The molecule has 1 heterocycles. The van der Waals surface area contributed by atoms with E-state index in [-0.39, 0.29) is 17.0 Å². The molecule has 2 N–H and O–H groups in total. The number of rotatable bonds is 3. The number of halogens is 1. The SMILES string of the molecule is CC(C)(C)NN=Cc1c(O)n(-c2ccccc2Cl)c(=O)c2ccccc12. The zero-order valence-electron chi connectivity index (χ0n) is 14.8. The van der Waals surface area contributed by atoms with Crippen LogP contribution in [0.4, 0.5) is 0 Å². The summed E-state index contributed by atoms with van der Waals surface area (Å²) < 4.78 is 1.21. The number of benzene rings is 2. The second kappa shape index (κ2) is 6.84. The summed E-state index contributed by atoms with van der Waals surface area (Å²) in [5, 5.41) is 16.6. The molecule has 3 rings (SSSR count). The van der Waals surface area contributed by atoms with Gasteiger partial charge in [-0.3, -0.25) is 4.79 Å². The van der Waals surface area contributed by atoms with Gasteiger partial charge in [0, 0.05) is 16.3 Å². The summed E-state index contributed by atoms with van der Waals surface area (Å²) in [5.41, 5.74) is 3.29. The molecule has 134 valence electrons. The van der Waals surface area contributed by atoms with Crippen LogP contribution in [0.15, 0.2) is 58.4 Å². The van der Waals surface area contributed by atoms with Gasteiger partial charge in [-0.15, -0.1) is 0 Å². The van der Waals surface area contributed by atoms with Crippen LogP contribution >= 0.6 is 11.6 Å². The van der Waals surface area contributed by atoms with Crippen LogP contribution in [0.25, 0.3) is 16.5 Å². The van der Waals surface area contributed by atoms with E-state index < -0.39 is 0 Å². The zero-order valence-corrected chi connectivity index (χ0v) is 15.6. The molecule has 0 aliphatic rings. The Balaban J connectivity index is 2.31. The molecule has 0 aliphatic heterocycles. The van der Waals surface area contributed by atoms with Crippen LogP contribution in [0.5, 0.6) is 5.88 Å². The third kappa shape index (κ3) is 3.44. The van der Waals surface area contributed by atoms with Crippen molar-refractivity contribution >= 4 is 28.6 Å². The van der Waals surface area contributed by atoms with Crippen molar-refractivity contribution in [3.05, 3.63) is 69.5 Å². The summed E-state index contributed by atoms with van der Waals surface area (Å²) in [5.74, 6) is -0.207. The lowest BCUT2D eigenvalue weighted by molar-refractivity contribution is 0.433. The van der Waals surface area contributed by atoms with E-state index in [0.29, 0.717) is 27.0 Å². The predicted molar refractivity (Wildman–Crippen MR) is 107 cm³/mol. The van der Waals surface area contributed by atoms with Gasteiger partial charge in [0.1, 0.15) is 0 Å². The molecule has 0 amide bonds. The first kappa shape index (κ1) is 18.0. The van der Waals surface area contributed by atoms with Gasteiger partial charge in [-0.1, -0.05) is 41.9 Å². The first-order valence-corrected chi connectivity index (χ1v) is 8.59. The molecule has 0 radical (unpaired) electrons. The average Bonchev–Trinajstić information content (AvgIpc) is 2.58. The van der Waals surface area contributed by atoms with Crippen LogP contribution in [0.3, 0.4) is 0 Å². The first-order valence-electron chi connectivity index (χ1n) is 8.21. The normalized spacial score (nSPS) is 12.0. The molecule has 0 saturated carbocycles. The highest BCUT2D eigenvalue weighted by atomic mass is 35.5. The second-order valence-electron chi connectivity index (χ2n) is 6.99. The van der Waals surface area contributed by atoms with Crippen molar-refractivity contribution in [3.8, 4) is 11.6 Å². The lowest BCUT2D eigenvalue weighted by Crippen LogP contribution is -2.31. The Hall–Kier alpha value is -2.79. The van der Waals surface area contributed by atoms with Gasteiger partial charge in [0.05, 0.1) is 22.5 Å². The van der Waals surface area contributed by atoms with Crippen LogP contribution in [-0.4, -0.2) is 21.4 Å². The molecule has 0 aliphatic carbocycles. The van der Waals surface area contributed by atoms with Crippen molar-refractivity contribution in [1.82, 2.24) is 9.99 Å². The summed E-state index contributed by atoms with van der Waals surface area (Å²) in [4.78, 5) is 13.0. The van der Waals surface area contributed by atoms with Gasteiger partial charge in [-0.05, 0) is 39.0 Å². The van der Waals surface area contributed by atoms with Crippen LogP contribution in [-0.2, 0) is 0 Å². The number of nitrogens with zero attached hydrogens (tertiary/aromatic N) is 2. The number of hydrogen-bond donors (Lipinski definition) is 2. The van der Waals surface area contributed by atoms with E-state index in [1.807, 2.05) is 26.8 Å².